The van der Waals surface area contributed by atoms with Gasteiger partial charge >= 0.3 is 10.8 Å². The number of aromatic amines is 1. The smallest absolute Gasteiger partial charge is 0.338 e. The molecular weight excluding hydrogens is 603 g/mol. The minimum atomic E-state index is -0.733. The van der Waals surface area contributed by atoms with Gasteiger partial charge in [-0.05, 0) is 67.9 Å². The lowest BCUT2D eigenvalue weighted by Crippen LogP contribution is -2.32. The maximum absolute atomic E-state index is 13.9. The number of ether oxygens (including phenoxy) is 2. The van der Waals surface area contributed by atoms with Gasteiger partial charge in [0.05, 0.1) is 28.8 Å². The van der Waals surface area contributed by atoms with Crippen LogP contribution in [0.4, 0.5) is 11.4 Å². The summed E-state index contributed by atoms with van der Waals surface area (Å²) in [5.41, 5.74) is 3.07. The van der Waals surface area contributed by atoms with Gasteiger partial charge in [0.1, 0.15) is 11.0 Å². The van der Waals surface area contributed by atoms with Gasteiger partial charge in [-0.2, -0.15) is 0 Å². The normalized spacial score (nSPS) is 18.9. The zero-order valence-electron chi connectivity index (χ0n) is 23.7. The number of benzene rings is 3. The summed E-state index contributed by atoms with van der Waals surface area (Å²) in [5, 5.41) is 2.60. The van der Waals surface area contributed by atoms with Crippen molar-refractivity contribution in [3.8, 4) is 5.75 Å². The van der Waals surface area contributed by atoms with Crippen molar-refractivity contribution in [2.75, 3.05) is 23.4 Å². The van der Waals surface area contributed by atoms with Gasteiger partial charge in [-0.1, -0.05) is 52.9 Å². The number of hydrogen-bond acceptors (Lipinski definition) is 9. The molecule has 1 fully saturated rings. The number of H-pyrrole nitrogens is 1. The third-order valence-electron chi connectivity index (χ3n) is 7.38. The Hall–Kier alpha value is -4.68. The Labute approximate surface area is 260 Å². The second kappa shape index (κ2) is 12.1. The van der Waals surface area contributed by atoms with E-state index in [0.717, 1.165) is 16.9 Å². The summed E-state index contributed by atoms with van der Waals surface area (Å²) < 4.78 is 10.8. The number of nitrogens with zero attached hydrogens (tertiary/aromatic N) is 1. The third-order valence-corrected chi connectivity index (χ3v) is 9.78. The van der Waals surface area contributed by atoms with Crippen LogP contribution < -0.4 is 19.8 Å². The van der Waals surface area contributed by atoms with Crippen molar-refractivity contribution in [2.45, 2.75) is 30.0 Å². The zero-order chi connectivity index (χ0) is 31.0. The molecule has 0 bridgehead atoms. The molecule has 6 rings (SSSR count). The van der Waals surface area contributed by atoms with E-state index in [2.05, 4.69) is 10.3 Å². The average Bonchev–Trinajstić information content (AvgIpc) is 3.51. The Morgan fingerprint density at radius 3 is 2.45 bits per heavy atom. The second-order valence-corrected chi connectivity index (χ2v) is 12.5. The number of rotatable bonds is 8. The van der Waals surface area contributed by atoms with E-state index >= 15 is 0 Å². The minimum Gasteiger partial charge on any atom is -0.484 e. The number of carbonyl (C=O) groups is 4. The van der Waals surface area contributed by atoms with Crippen molar-refractivity contribution in [3.63, 3.8) is 0 Å². The molecule has 0 spiro atoms. The first-order valence-corrected chi connectivity index (χ1v) is 15.6. The van der Waals surface area contributed by atoms with Gasteiger partial charge in [0.25, 0.3) is 5.91 Å². The molecule has 3 amide bonds. The molecule has 3 atom stereocenters. The number of imide groups is 1. The van der Waals surface area contributed by atoms with Crippen LogP contribution in [0.3, 0.4) is 0 Å². The maximum Gasteiger partial charge on any atom is 0.338 e. The van der Waals surface area contributed by atoms with Gasteiger partial charge in [0.15, 0.2) is 6.61 Å². The van der Waals surface area contributed by atoms with Crippen molar-refractivity contribution < 1.29 is 28.7 Å². The van der Waals surface area contributed by atoms with Gasteiger partial charge in [0.2, 0.25) is 11.8 Å². The highest BCUT2D eigenvalue weighted by molar-refractivity contribution is 8.00. The summed E-state index contributed by atoms with van der Waals surface area (Å²) in [6.07, 6.45) is 0. The number of aryl methyl sites for hydroxylation is 1. The molecule has 0 saturated carbocycles. The van der Waals surface area contributed by atoms with Gasteiger partial charge in [-0.25, -0.2) is 9.69 Å². The minimum absolute atomic E-state index is 0.262. The molecule has 3 heterocycles. The fraction of sp³-hybridized carbons (Fsp3) is 0.219. The summed E-state index contributed by atoms with van der Waals surface area (Å²) in [6.45, 7) is 3.63. The van der Waals surface area contributed by atoms with Crippen LogP contribution in [-0.4, -0.2) is 47.1 Å². The number of hydrogen-bond donors (Lipinski definition) is 2. The van der Waals surface area contributed by atoms with E-state index in [1.807, 2.05) is 25.1 Å². The van der Waals surface area contributed by atoms with Crippen molar-refractivity contribution >= 4 is 58.2 Å². The van der Waals surface area contributed by atoms with Crippen LogP contribution in [0.15, 0.2) is 82.6 Å². The first kappa shape index (κ1) is 29.4. The van der Waals surface area contributed by atoms with Crippen molar-refractivity contribution in [3.05, 3.63) is 104 Å². The summed E-state index contributed by atoms with van der Waals surface area (Å²) in [6, 6.07) is 20.6. The van der Waals surface area contributed by atoms with Crippen LogP contribution >= 0.6 is 23.1 Å². The number of carbonyl (C=O) groups excluding carboxylic acids is 4. The lowest BCUT2D eigenvalue weighted by atomic mass is 9.83. The van der Waals surface area contributed by atoms with E-state index in [4.69, 9.17) is 9.47 Å². The largest absolute Gasteiger partial charge is 0.484 e. The predicted octanol–water partition coefficient (Wildman–Crippen LogP) is 4.73. The van der Waals surface area contributed by atoms with Crippen LogP contribution in [0, 0.1) is 12.8 Å². The van der Waals surface area contributed by atoms with E-state index in [1.165, 1.54) is 16.7 Å². The molecule has 44 heavy (non-hydrogen) atoms. The van der Waals surface area contributed by atoms with E-state index < -0.39 is 29.0 Å². The van der Waals surface area contributed by atoms with Crippen molar-refractivity contribution in [2.24, 2.45) is 5.92 Å². The van der Waals surface area contributed by atoms with Crippen LogP contribution in [-0.2, 0) is 19.1 Å². The number of fused-ring (bicyclic) bond motifs is 2. The molecule has 12 heteroatoms. The number of anilines is 2. The maximum atomic E-state index is 13.9. The van der Waals surface area contributed by atoms with Crippen molar-refractivity contribution in [1.29, 1.82) is 0 Å². The SMILES string of the molecule is CCOC(=O)c1ccc(NC(=O)COc2cccc(C3c4sc(=O)[nH]c4SC4C(=O)N(c5ccc(C)cc5)C(=O)C43)c2)cc1. The quantitative estimate of drug-likeness (QED) is 0.211. The summed E-state index contributed by atoms with van der Waals surface area (Å²) in [7, 11) is 0. The van der Waals surface area contributed by atoms with Crippen molar-refractivity contribution in [1.82, 2.24) is 4.98 Å². The summed E-state index contributed by atoms with van der Waals surface area (Å²) >= 11 is 2.24. The van der Waals surface area contributed by atoms with Gasteiger partial charge in [-0.3, -0.25) is 19.2 Å². The third kappa shape index (κ3) is 5.65. The molecule has 2 N–H and O–H groups in total. The fourth-order valence-corrected chi connectivity index (χ4v) is 7.89. The number of thioether (sulfide) groups is 1. The Balaban J connectivity index is 1.21. The van der Waals surface area contributed by atoms with E-state index in [-0.39, 0.29) is 29.9 Å². The number of nitrogens with one attached hydrogen (secondary N) is 2. The van der Waals surface area contributed by atoms with Crippen LogP contribution in [0.1, 0.15) is 39.2 Å². The molecule has 3 aromatic carbocycles. The molecule has 0 radical (unpaired) electrons. The number of aromatic nitrogens is 1. The van der Waals surface area contributed by atoms with E-state index in [0.29, 0.717) is 38.2 Å². The zero-order valence-corrected chi connectivity index (χ0v) is 25.3. The lowest BCUT2D eigenvalue weighted by molar-refractivity contribution is -0.122. The van der Waals surface area contributed by atoms with Gasteiger partial charge < -0.3 is 19.8 Å². The Bertz CT molecular complexity index is 1810. The molecule has 2 aliphatic rings. The molecule has 1 saturated heterocycles. The molecule has 1 aromatic heterocycles. The second-order valence-electron chi connectivity index (χ2n) is 10.3. The standard InChI is InChI=1S/C32H27N3O7S2/c1-3-41-31(39)18-9-11-20(12-10-18)33-23(36)16-42-22-6-4-5-19(15-22)24-25-27(43-28-26(24)44-32(40)34-28)30(38)35(29(25)37)21-13-7-17(2)8-14-21/h4-15,24-25,27H,3,16H2,1-2H3,(H,33,36)(H,34,40). The first-order chi connectivity index (χ1) is 21.2. The molecular formula is C32H27N3O7S2. The highest BCUT2D eigenvalue weighted by Crippen LogP contribution is 2.53. The molecule has 4 aromatic rings. The number of esters is 1. The molecule has 3 unspecified atom stereocenters. The van der Waals surface area contributed by atoms with Gasteiger partial charge in [0, 0.05) is 16.5 Å². The summed E-state index contributed by atoms with van der Waals surface area (Å²) in [4.78, 5) is 68.9. The molecule has 2 aliphatic heterocycles. The number of amides is 3. The van der Waals surface area contributed by atoms with Crippen LogP contribution in [0.2, 0.25) is 0 Å². The van der Waals surface area contributed by atoms with E-state index in [9.17, 15) is 24.0 Å². The van der Waals surface area contributed by atoms with E-state index in [1.54, 1.807) is 61.5 Å². The van der Waals surface area contributed by atoms with Crippen LogP contribution in [0.5, 0.6) is 5.75 Å². The van der Waals surface area contributed by atoms with Gasteiger partial charge in [-0.15, -0.1) is 0 Å². The Morgan fingerprint density at radius 1 is 0.977 bits per heavy atom. The molecule has 0 aliphatic carbocycles. The number of thiazole rings is 1. The highest BCUT2D eigenvalue weighted by Gasteiger charge is 2.56. The molecule has 224 valence electrons. The lowest BCUT2D eigenvalue weighted by Gasteiger charge is -2.30. The average molecular weight is 630 g/mol. The Kier molecular flexibility index (Phi) is 8.11. The van der Waals surface area contributed by atoms with Crippen LogP contribution in [0.25, 0.3) is 0 Å². The summed E-state index contributed by atoms with van der Waals surface area (Å²) in [5.74, 6) is -2.41. The topological polar surface area (TPSA) is 135 Å². The molecule has 10 nitrogen and oxygen atoms in total. The predicted molar refractivity (Wildman–Crippen MR) is 167 cm³/mol. The monoisotopic (exact) mass is 629 g/mol. The highest BCUT2D eigenvalue weighted by atomic mass is 32.2. The Morgan fingerprint density at radius 2 is 1.73 bits per heavy atom. The first-order valence-electron chi connectivity index (χ1n) is 13.9. The fourth-order valence-electron chi connectivity index (χ4n) is 5.37.